The first-order valence-corrected chi connectivity index (χ1v) is 17.8. The summed E-state index contributed by atoms with van der Waals surface area (Å²) in [7, 11) is 0. The number of para-hydroxylation sites is 3. The van der Waals surface area contributed by atoms with Crippen molar-refractivity contribution in [2.45, 2.75) is 5.41 Å². The molecule has 0 unspecified atom stereocenters. The fourth-order valence-electron chi connectivity index (χ4n) is 9.79. The van der Waals surface area contributed by atoms with Gasteiger partial charge in [0.1, 0.15) is 0 Å². The van der Waals surface area contributed by atoms with Crippen molar-refractivity contribution >= 4 is 43.6 Å². The molecule has 0 saturated heterocycles. The van der Waals surface area contributed by atoms with Gasteiger partial charge in [-0.2, -0.15) is 0 Å². The molecule has 0 fully saturated rings. The molecular weight excluding hydrogens is 617 g/mol. The van der Waals surface area contributed by atoms with Crippen molar-refractivity contribution in [3.63, 3.8) is 0 Å². The van der Waals surface area contributed by atoms with E-state index in [4.69, 9.17) is 0 Å². The van der Waals surface area contributed by atoms with Crippen LogP contribution in [0.5, 0.6) is 0 Å². The van der Waals surface area contributed by atoms with Gasteiger partial charge >= 0.3 is 0 Å². The van der Waals surface area contributed by atoms with Gasteiger partial charge in [0, 0.05) is 32.9 Å². The highest BCUT2D eigenvalue weighted by molar-refractivity contribution is 6.14. The SMILES string of the molecule is c1ccc(-n2c3ccccc3c3ccc(-n4c5ccccc5c5cc6c(cc54)-c4ccccc4C64c5ccccc5-c5ccccc54)cc32)cc1. The minimum atomic E-state index is -0.369. The van der Waals surface area contributed by atoms with Crippen LogP contribution in [-0.4, -0.2) is 9.13 Å². The Balaban J connectivity index is 1.19. The number of fused-ring (bicyclic) bond motifs is 16. The Morgan fingerprint density at radius 1 is 0.275 bits per heavy atom. The van der Waals surface area contributed by atoms with Gasteiger partial charge in [0.05, 0.1) is 27.5 Å². The molecule has 2 aliphatic rings. The first-order chi connectivity index (χ1) is 25.3. The fourth-order valence-corrected chi connectivity index (χ4v) is 9.79. The molecule has 0 aliphatic heterocycles. The highest BCUT2D eigenvalue weighted by atomic mass is 15.0. The third-order valence-corrected chi connectivity index (χ3v) is 11.7. The quantitative estimate of drug-likeness (QED) is 0.177. The lowest BCUT2D eigenvalue weighted by Crippen LogP contribution is -2.25. The van der Waals surface area contributed by atoms with Crippen LogP contribution in [0.1, 0.15) is 22.3 Å². The Morgan fingerprint density at radius 2 is 0.745 bits per heavy atom. The molecule has 10 aromatic rings. The summed E-state index contributed by atoms with van der Waals surface area (Å²) in [6, 6.07) is 67.7. The van der Waals surface area contributed by atoms with Gasteiger partial charge in [-0.05, 0) is 93.0 Å². The molecule has 236 valence electrons. The van der Waals surface area contributed by atoms with Crippen LogP contribution in [0.15, 0.2) is 182 Å². The van der Waals surface area contributed by atoms with Crippen molar-refractivity contribution in [1.29, 1.82) is 0 Å². The maximum absolute atomic E-state index is 2.53. The molecule has 1 spiro atoms. The van der Waals surface area contributed by atoms with Crippen molar-refractivity contribution in [2.24, 2.45) is 0 Å². The zero-order valence-electron chi connectivity index (χ0n) is 27.7. The number of hydrogen-bond donors (Lipinski definition) is 0. The van der Waals surface area contributed by atoms with Crippen molar-refractivity contribution in [3.05, 3.63) is 204 Å². The molecule has 0 saturated carbocycles. The molecule has 12 rings (SSSR count). The summed E-state index contributed by atoms with van der Waals surface area (Å²) in [5.74, 6) is 0. The molecule has 0 N–H and O–H groups in total. The predicted octanol–water partition coefficient (Wildman–Crippen LogP) is 12.2. The van der Waals surface area contributed by atoms with Gasteiger partial charge in [-0.25, -0.2) is 0 Å². The third-order valence-electron chi connectivity index (χ3n) is 11.7. The molecule has 0 amide bonds. The van der Waals surface area contributed by atoms with E-state index in [1.807, 2.05) is 0 Å². The standard InChI is InChI=1S/C49H30N2/c1-2-14-31(15-3-1)50-45-24-12-7-19-36(45)38-27-26-32(28-47(38)50)51-46-25-13-8-20-37(46)40-29-44-39(30-48(40)51)35-18-6-11-23-43(35)49(44)41-21-9-4-16-33(41)34-17-5-10-22-42(34)49/h1-30H. The third kappa shape index (κ3) is 3.32. The maximum Gasteiger partial charge on any atom is 0.0725 e. The number of aromatic nitrogens is 2. The number of hydrogen-bond acceptors (Lipinski definition) is 0. The van der Waals surface area contributed by atoms with Crippen LogP contribution in [0.25, 0.3) is 77.2 Å². The highest BCUT2D eigenvalue weighted by Crippen LogP contribution is 2.63. The molecule has 2 aliphatic carbocycles. The second kappa shape index (κ2) is 9.74. The molecular formula is C49H30N2. The minimum absolute atomic E-state index is 0.369. The van der Waals surface area contributed by atoms with E-state index in [2.05, 4.69) is 191 Å². The van der Waals surface area contributed by atoms with Crippen LogP contribution < -0.4 is 0 Å². The molecule has 2 aromatic heterocycles. The van der Waals surface area contributed by atoms with Crippen LogP contribution in [0, 0.1) is 0 Å². The average molecular weight is 647 g/mol. The van der Waals surface area contributed by atoms with Gasteiger partial charge in [0.2, 0.25) is 0 Å². The second-order valence-electron chi connectivity index (χ2n) is 14.0. The number of benzene rings is 8. The van der Waals surface area contributed by atoms with Crippen LogP contribution in [-0.2, 0) is 5.41 Å². The Hall–Kier alpha value is -6.64. The van der Waals surface area contributed by atoms with E-state index in [0.29, 0.717) is 0 Å². The lowest BCUT2D eigenvalue weighted by molar-refractivity contribution is 0.795. The summed E-state index contributed by atoms with van der Waals surface area (Å²) in [4.78, 5) is 0. The van der Waals surface area contributed by atoms with E-state index in [-0.39, 0.29) is 5.41 Å². The molecule has 2 nitrogen and oxygen atoms in total. The van der Waals surface area contributed by atoms with Crippen LogP contribution in [0.4, 0.5) is 0 Å². The molecule has 2 heteroatoms. The van der Waals surface area contributed by atoms with Crippen molar-refractivity contribution in [1.82, 2.24) is 9.13 Å². The minimum Gasteiger partial charge on any atom is -0.309 e. The summed E-state index contributed by atoms with van der Waals surface area (Å²) in [6.07, 6.45) is 0. The molecule has 2 heterocycles. The maximum atomic E-state index is 2.53. The first kappa shape index (κ1) is 27.2. The predicted molar refractivity (Wildman–Crippen MR) is 211 cm³/mol. The normalized spacial score (nSPS) is 13.6. The average Bonchev–Trinajstić information content (AvgIpc) is 3.89. The number of nitrogens with zero attached hydrogens (tertiary/aromatic N) is 2. The summed E-state index contributed by atoms with van der Waals surface area (Å²) in [5, 5.41) is 5.07. The van der Waals surface area contributed by atoms with Gasteiger partial charge in [0.15, 0.2) is 0 Å². The van der Waals surface area contributed by atoms with Crippen molar-refractivity contribution < 1.29 is 0 Å². The Kier molecular flexibility index (Phi) is 5.20. The zero-order valence-corrected chi connectivity index (χ0v) is 27.7. The summed E-state index contributed by atoms with van der Waals surface area (Å²) < 4.78 is 4.90. The molecule has 0 atom stereocenters. The largest absolute Gasteiger partial charge is 0.309 e. The summed E-state index contributed by atoms with van der Waals surface area (Å²) >= 11 is 0. The van der Waals surface area contributed by atoms with E-state index < -0.39 is 0 Å². The van der Waals surface area contributed by atoms with Crippen LogP contribution >= 0.6 is 0 Å². The second-order valence-corrected chi connectivity index (χ2v) is 14.0. The lowest BCUT2D eigenvalue weighted by atomic mass is 9.70. The molecule has 0 bridgehead atoms. The topological polar surface area (TPSA) is 9.86 Å². The monoisotopic (exact) mass is 646 g/mol. The van der Waals surface area contributed by atoms with Gasteiger partial charge in [0.25, 0.3) is 0 Å². The van der Waals surface area contributed by atoms with Gasteiger partial charge < -0.3 is 9.13 Å². The highest BCUT2D eigenvalue weighted by Gasteiger charge is 2.51. The van der Waals surface area contributed by atoms with Crippen molar-refractivity contribution in [3.8, 4) is 33.6 Å². The van der Waals surface area contributed by atoms with Gasteiger partial charge in [-0.3, -0.25) is 0 Å². The van der Waals surface area contributed by atoms with E-state index in [1.165, 1.54) is 93.8 Å². The van der Waals surface area contributed by atoms with Crippen LogP contribution in [0.2, 0.25) is 0 Å². The Labute approximate surface area is 295 Å². The van der Waals surface area contributed by atoms with Gasteiger partial charge in [-0.15, -0.1) is 0 Å². The summed E-state index contributed by atoms with van der Waals surface area (Å²) in [5.41, 5.74) is 17.6. The van der Waals surface area contributed by atoms with E-state index in [1.54, 1.807) is 0 Å². The molecule has 0 radical (unpaired) electrons. The van der Waals surface area contributed by atoms with E-state index >= 15 is 0 Å². The van der Waals surface area contributed by atoms with E-state index in [9.17, 15) is 0 Å². The Bertz CT molecular complexity index is 3040. The zero-order chi connectivity index (χ0) is 33.3. The molecule has 51 heavy (non-hydrogen) atoms. The van der Waals surface area contributed by atoms with Gasteiger partial charge in [-0.1, -0.05) is 133 Å². The number of rotatable bonds is 2. The molecule has 8 aromatic carbocycles. The fraction of sp³-hybridized carbons (Fsp3) is 0.0204. The van der Waals surface area contributed by atoms with Crippen LogP contribution in [0.3, 0.4) is 0 Å². The Morgan fingerprint density at radius 3 is 1.39 bits per heavy atom. The smallest absolute Gasteiger partial charge is 0.0725 e. The van der Waals surface area contributed by atoms with E-state index in [0.717, 1.165) is 5.69 Å². The van der Waals surface area contributed by atoms with Crippen molar-refractivity contribution in [2.75, 3.05) is 0 Å². The summed E-state index contributed by atoms with van der Waals surface area (Å²) in [6.45, 7) is 0. The first-order valence-electron chi connectivity index (χ1n) is 17.8. The lowest BCUT2D eigenvalue weighted by Gasteiger charge is -2.30.